The second-order valence-corrected chi connectivity index (χ2v) is 5.66. The van der Waals surface area contributed by atoms with Crippen molar-refractivity contribution in [2.75, 3.05) is 14.2 Å². The summed E-state index contributed by atoms with van der Waals surface area (Å²) in [5.74, 6) is 0.781. The zero-order chi connectivity index (χ0) is 18.5. The molecule has 6 heteroatoms. The van der Waals surface area contributed by atoms with Gasteiger partial charge in [0.1, 0.15) is 12.7 Å². The Hall–Kier alpha value is -3.46. The Balaban J connectivity index is 1.69. The number of hydrogen-bond donors (Lipinski definition) is 0. The lowest BCUT2D eigenvalue weighted by Crippen LogP contribution is -2.08. The first-order valence-corrected chi connectivity index (χ1v) is 8.01. The Bertz CT molecular complexity index is 985. The third kappa shape index (κ3) is 3.47. The van der Waals surface area contributed by atoms with Crippen LogP contribution in [0.25, 0.3) is 5.52 Å². The van der Waals surface area contributed by atoms with Crippen LogP contribution in [0.4, 0.5) is 0 Å². The zero-order valence-electron chi connectivity index (χ0n) is 14.6. The zero-order valence-corrected chi connectivity index (χ0v) is 14.6. The van der Waals surface area contributed by atoms with E-state index in [2.05, 4.69) is 6.07 Å². The Labute approximate surface area is 151 Å². The van der Waals surface area contributed by atoms with Gasteiger partial charge >= 0.3 is 5.97 Å². The molecule has 6 nitrogen and oxygen atoms in total. The van der Waals surface area contributed by atoms with Gasteiger partial charge in [-0.25, -0.2) is 0 Å². The van der Waals surface area contributed by atoms with Crippen molar-refractivity contribution in [3.8, 4) is 17.6 Å². The summed E-state index contributed by atoms with van der Waals surface area (Å²) >= 11 is 0. The molecule has 0 aliphatic heterocycles. The van der Waals surface area contributed by atoms with Gasteiger partial charge in [0.2, 0.25) is 0 Å². The largest absolute Gasteiger partial charge is 0.493 e. The lowest BCUT2D eigenvalue weighted by atomic mass is 10.1. The Kier molecular flexibility index (Phi) is 5.09. The maximum atomic E-state index is 12.2. The van der Waals surface area contributed by atoms with Crippen molar-refractivity contribution in [2.45, 2.75) is 13.0 Å². The Morgan fingerprint density at radius 3 is 2.69 bits per heavy atom. The molecule has 0 N–H and O–H groups in total. The normalized spacial score (nSPS) is 10.3. The van der Waals surface area contributed by atoms with E-state index in [1.807, 2.05) is 28.8 Å². The van der Waals surface area contributed by atoms with Crippen LogP contribution in [0.5, 0.6) is 11.5 Å². The first kappa shape index (κ1) is 17.4. The predicted molar refractivity (Wildman–Crippen MR) is 95.2 cm³/mol. The molecule has 0 spiro atoms. The van der Waals surface area contributed by atoms with Crippen molar-refractivity contribution < 1.29 is 19.0 Å². The monoisotopic (exact) mass is 350 g/mol. The summed E-state index contributed by atoms with van der Waals surface area (Å²) in [7, 11) is 3.10. The molecule has 0 aliphatic carbocycles. The molecule has 0 atom stereocenters. The van der Waals surface area contributed by atoms with E-state index in [4.69, 9.17) is 14.2 Å². The van der Waals surface area contributed by atoms with Crippen LogP contribution in [0.3, 0.4) is 0 Å². The fourth-order valence-electron chi connectivity index (χ4n) is 2.78. The SMILES string of the molecule is COc1ccc(CC(=O)OCc2cn3ccccc3c2C#N)cc1OC. The summed E-state index contributed by atoms with van der Waals surface area (Å²) in [6.07, 6.45) is 3.76. The Morgan fingerprint density at radius 1 is 1.15 bits per heavy atom. The smallest absolute Gasteiger partial charge is 0.310 e. The summed E-state index contributed by atoms with van der Waals surface area (Å²) in [5, 5.41) is 9.38. The minimum atomic E-state index is -0.378. The molecule has 0 bridgehead atoms. The van der Waals surface area contributed by atoms with Gasteiger partial charge in [-0.15, -0.1) is 0 Å². The number of hydrogen-bond acceptors (Lipinski definition) is 5. The number of aromatic nitrogens is 1. The summed E-state index contributed by atoms with van der Waals surface area (Å²) in [4.78, 5) is 12.2. The summed E-state index contributed by atoms with van der Waals surface area (Å²) < 4.78 is 17.6. The summed E-state index contributed by atoms with van der Waals surface area (Å²) in [6, 6.07) is 13.0. The number of carbonyl (C=O) groups is 1. The number of benzene rings is 1. The molecule has 132 valence electrons. The maximum Gasteiger partial charge on any atom is 0.310 e. The molecule has 0 unspecified atom stereocenters. The Morgan fingerprint density at radius 2 is 1.96 bits per heavy atom. The number of nitrogens with zero attached hydrogens (tertiary/aromatic N) is 2. The molecule has 26 heavy (non-hydrogen) atoms. The van der Waals surface area contributed by atoms with Crippen molar-refractivity contribution in [3.05, 3.63) is 65.5 Å². The van der Waals surface area contributed by atoms with E-state index < -0.39 is 0 Å². The number of rotatable bonds is 6. The second kappa shape index (κ2) is 7.62. The second-order valence-electron chi connectivity index (χ2n) is 5.66. The average molecular weight is 350 g/mol. The third-order valence-corrected chi connectivity index (χ3v) is 4.06. The van der Waals surface area contributed by atoms with Crippen molar-refractivity contribution in [1.29, 1.82) is 5.26 Å². The van der Waals surface area contributed by atoms with E-state index in [1.165, 1.54) is 0 Å². The van der Waals surface area contributed by atoms with Crippen molar-refractivity contribution in [3.63, 3.8) is 0 Å². The number of nitriles is 1. The fourth-order valence-corrected chi connectivity index (χ4v) is 2.78. The molecule has 0 fully saturated rings. The van der Waals surface area contributed by atoms with Gasteiger partial charge in [0.25, 0.3) is 0 Å². The van der Waals surface area contributed by atoms with Crippen LogP contribution >= 0.6 is 0 Å². The fraction of sp³-hybridized carbons (Fsp3) is 0.200. The number of esters is 1. The average Bonchev–Trinajstić information content (AvgIpc) is 3.03. The first-order chi connectivity index (χ1) is 12.7. The molecule has 3 rings (SSSR count). The topological polar surface area (TPSA) is 73.0 Å². The molecule has 1 aromatic carbocycles. The highest BCUT2D eigenvalue weighted by atomic mass is 16.5. The van der Waals surface area contributed by atoms with Crippen molar-refractivity contribution in [2.24, 2.45) is 0 Å². The molecule has 0 saturated carbocycles. The van der Waals surface area contributed by atoms with E-state index in [0.717, 1.165) is 11.1 Å². The molecule has 0 radical (unpaired) electrons. The molecular weight excluding hydrogens is 332 g/mol. The van der Waals surface area contributed by atoms with E-state index in [9.17, 15) is 10.1 Å². The first-order valence-electron chi connectivity index (χ1n) is 8.01. The van der Waals surface area contributed by atoms with Crippen LogP contribution < -0.4 is 9.47 Å². The highest BCUT2D eigenvalue weighted by Gasteiger charge is 2.13. The van der Waals surface area contributed by atoms with Crippen molar-refractivity contribution >= 4 is 11.5 Å². The van der Waals surface area contributed by atoms with Crippen LogP contribution in [0.1, 0.15) is 16.7 Å². The lowest BCUT2D eigenvalue weighted by molar-refractivity contribution is -0.144. The van der Waals surface area contributed by atoms with Gasteiger partial charge in [-0.1, -0.05) is 12.1 Å². The van der Waals surface area contributed by atoms with Gasteiger partial charge in [-0.05, 0) is 29.8 Å². The molecule has 3 aromatic rings. The molecule has 2 aromatic heterocycles. The van der Waals surface area contributed by atoms with Gasteiger partial charge in [-0.2, -0.15) is 5.26 Å². The van der Waals surface area contributed by atoms with E-state index in [0.29, 0.717) is 22.6 Å². The maximum absolute atomic E-state index is 12.2. The molecule has 2 heterocycles. The quantitative estimate of drug-likeness (QED) is 0.639. The van der Waals surface area contributed by atoms with Crippen molar-refractivity contribution in [1.82, 2.24) is 4.40 Å². The standard InChI is InChI=1S/C20H18N2O4/c1-24-18-7-6-14(9-19(18)25-2)10-20(23)26-13-15-12-22-8-4-3-5-17(22)16(15)11-21/h3-9,12H,10,13H2,1-2H3. The van der Waals surface area contributed by atoms with Crippen LogP contribution in [-0.4, -0.2) is 24.6 Å². The van der Waals surface area contributed by atoms with Gasteiger partial charge in [0.15, 0.2) is 11.5 Å². The number of methoxy groups -OCH3 is 2. The van der Waals surface area contributed by atoms with Gasteiger partial charge < -0.3 is 18.6 Å². The summed E-state index contributed by atoms with van der Waals surface area (Å²) in [5.41, 5.74) is 2.75. The molecule has 0 aliphatic rings. The van der Waals surface area contributed by atoms with E-state index in [-0.39, 0.29) is 19.0 Å². The number of carbonyl (C=O) groups excluding carboxylic acids is 1. The van der Waals surface area contributed by atoms with Crippen LogP contribution in [0.15, 0.2) is 48.8 Å². The number of fused-ring (bicyclic) bond motifs is 1. The third-order valence-electron chi connectivity index (χ3n) is 4.06. The highest BCUT2D eigenvalue weighted by molar-refractivity contribution is 5.73. The summed E-state index contributed by atoms with van der Waals surface area (Å²) in [6.45, 7) is 0.0523. The number of pyridine rings is 1. The van der Waals surface area contributed by atoms with E-state index in [1.54, 1.807) is 38.6 Å². The minimum absolute atomic E-state index is 0.0523. The van der Waals surface area contributed by atoms with Crippen LogP contribution in [-0.2, 0) is 22.6 Å². The number of ether oxygens (including phenoxy) is 3. The van der Waals surface area contributed by atoms with Gasteiger partial charge in [0, 0.05) is 18.0 Å². The van der Waals surface area contributed by atoms with Crippen LogP contribution in [0, 0.1) is 11.3 Å². The van der Waals surface area contributed by atoms with Gasteiger partial charge in [-0.3, -0.25) is 4.79 Å². The van der Waals surface area contributed by atoms with E-state index >= 15 is 0 Å². The van der Waals surface area contributed by atoms with Crippen LogP contribution in [0.2, 0.25) is 0 Å². The lowest BCUT2D eigenvalue weighted by Gasteiger charge is -2.09. The predicted octanol–water partition coefficient (Wildman–Crippen LogP) is 3.11. The molecular formula is C20H18N2O4. The molecule has 0 amide bonds. The molecule has 0 saturated heterocycles. The van der Waals surface area contributed by atoms with Gasteiger partial charge in [0.05, 0.1) is 31.7 Å². The minimum Gasteiger partial charge on any atom is -0.493 e. The highest BCUT2D eigenvalue weighted by Crippen LogP contribution is 2.28.